The molecule has 0 aromatic heterocycles. The van der Waals surface area contributed by atoms with Crippen molar-refractivity contribution in [1.29, 1.82) is 0 Å². The van der Waals surface area contributed by atoms with E-state index in [1.165, 1.54) is 82.4 Å². The summed E-state index contributed by atoms with van der Waals surface area (Å²) >= 11 is 0. The van der Waals surface area contributed by atoms with E-state index in [1.54, 1.807) is 0 Å². The Morgan fingerprint density at radius 2 is 1.14 bits per heavy atom. The van der Waals surface area contributed by atoms with Crippen molar-refractivity contribution in [3.8, 4) is 33.4 Å². The number of aryl methyl sites for hydroxylation is 1. The second kappa shape index (κ2) is 9.14. The van der Waals surface area contributed by atoms with Crippen LogP contribution in [0.15, 0.2) is 127 Å². The summed E-state index contributed by atoms with van der Waals surface area (Å²) < 4.78 is 6.47. The lowest BCUT2D eigenvalue weighted by Crippen LogP contribution is -2.01. The topological polar surface area (TPSA) is 9.23 Å². The predicted octanol–water partition coefficient (Wildman–Crippen LogP) is 11.4. The van der Waals surface area contributed by atoms with Crippen molar-refractivity contribution < 1.29 is 4.74 Å². The molecule has 0 N–H and O–H groups in total. The first-order valence-electron chi connectivity index (χ1n) is 15.1. The molecular formula is C41H30O. The summed E-state index contributed by atoms with van der Waals surface area (Å²) in [6.45, 7) is 2.21. The Kier molecular flexibility index (Phi) is 5.21. The zero-order valence-corrected chi connectivity index (χ0v) is 23.6. The van der Waals surface area contributed by atoms with Crippen molar-refractivity contribution in [2.75, 3.05) is 0 Å². The van der Waals surface area contributed by atoms with Crippen molar-refractivity contribution >= 4 is 32.3 Å². The van der Waals surface area contributed by atoms with Crippen LogP contribution < -0.4 is 0 Å². The van der Waals surface area contributed by atoms with Crippen molar-refractivity contribution in [2.24, 2.45) is 0 Å². The summed E-state index contributed by atoms with van der Waals surface area (Å²) in [5, 5.41) is 7.79. The molecule has 1 nitrogen and oxygen atoms in total. The second-order valence-electron chi connectivity index (χ2n) is 11.9. The van der Waals surface area contributed by atoms with Gasteiger partial charge in [0.25, 0.3) is 0 Å². The van der Waals surface area contributed by atoms with Gasteiger partial charge in [0.15, 0.2) is 0 Å². The van der Waals surface area contributed by atoms with Gasteiger partial charge in [0.1, 0.15) is 0 Å². The highest BCUT2D eigenvalue weighted by Crippen LogP contribution is 2.55. The number of fused-ring (bicyclic) bond motifs is 8. The van der Waals surface area contributed by atoms with E-state index in [0.29, 0.717) is 0 Å². The first kappa shape index (κ1) is 23.9. The van der Waals surface area contributed by atoms with E-state index in [-0.39, 0.29) is 12.2 Å². The maximum absolute atomic E-state index is 6.47. The minimum absolute atomic E-state index is 0.188. The van der Waals surface area contributed by atoms with E-state index in [1.807, 2.05) is 0 Å². The van der Waals surface area contributed by atoms with E-state index < -0.39 is 0 Å². The first-order valence-corrected chi connectivity index (χ1v) is 15.1. The lowest BCUT2D eigenvalue weighted by atomic mass is 9.80. The fourth-order valence-electron chi connectivity index (χ4n) is 7.76. The summed E-state index contributed by atoms with van der Waals surface area (Å²) in [5.41, 5.74) is 11.8. The average molecular weight is 539 g/mol. The maximum Gasteiger partial charge on any atom is 0.0844 e. The van der Waals surface area contributed by atoms with Gasteiger partial charge in [-0.25, -0.2) is 0 Å². The van der Waals surface area contributed by atoms with Crippen LogP contribution in [-0.4, -0.2) is 0 Å². The molecule has 2 heterocycles. The molecule has 2 bridgehead atoms. The molecule has 200 valence electrons. The van der Waals surface area contributed by atoms with E-state index in [0.717, 1.165) is 12.8 Å². The smallest absolute Gasteiger partial charge is 0.0844 e. The van der Waals surface area contributed by atoms with Crippen LogP contribution in [0.2, 0.25) is 0 Å². The summed E-state index contributed by atoms with van der Waals surface area (Å²) in [4.78, 5) is 0. The van der Waals surface area contributed by atoms with Gasteiger partial charge in [0.05, 0.1) is 12.2 Å². The monoisotopic (exact) mass is 538 g/mol. The Morgan fingerprint density at radius 3 is 1.95 bits per heavy atom. The molecule has 42 heavy (non-hydrogen) atoms. The van der Waals surface area contributed by atoms with Crippen molar-refractivity contribution in [1.82, 2.24) is 0 Å². The van der Waals surface area contributed by atoms with E-state index in [4.69, 9.17) is 4.74 Å². The Morgan fingerprint density at radius 1 is 0.476 bits per heavy atom. The van der Waals surface area contributed by atoms with Crippen molar-refractivity contribution in [3.05, 3.63) is 144 Å². The molecule has 1 heteroatoms. The lowest BCUT2D eigenvalue weighted by Gasteiger charge is -2.22. The third-order valence-electron chi connectivity index (χ3n) is 9.64. The van der Waals surface area contributed by atoms with Crippen LogP contribution >= 0.6 is 0 Å². The third-order valence-corrected chi connectivity index (χ3v) is 9.64. The molecule has 0 amide bonds. The van der Waals surface area contributed by atoms with Gasteiger partial charge in [0.2, 0.25) is 0 Å². The minimum atomic E-state index is 0.188. The van der Waals surface area contributed by atoms with Gasteiger partial charge < -0.3 is 4.74 Å². The number of benzene rings is 7. The Bertz CT molecular complexity index is 2190. The summed E-state index contributed by atoms with van der Waals surface area (Å²) in [7, 11) is 0. The highest BCUT2D eigenvalue weighted by Gasteiger charge is 2.40. The van der Waals surface area contributed by atoms with E-state index >= 15 is 0 Å². The van der Waals surface area contributed by atoms with Gasteiger partial charge >= 0.3 is 0 Å². The second-order valence-corrected chi connectivity index (χ2v) is 11.9. The summed E-state index contributed by atoms with van der Waals surface area (Å²) in [6, 6.07) is 47.2. The van der Waals surface area contributed by atoms with Crippen LogP contribution in [0.5, 0.6) is 0 Å². The van der Waals surface area contributed by atoms with E-state index in [2.05, 4.69) is 134 Å². The van der Waals surface area contributed by atoms with Gasteiger partial charge in [-0.05, 0) is 108 Å². The van der Waals surface area contributed by atoms with Gasteiger partial charge in [-0.2, -0.15) is 0 Å². The third kappa shape index (κ3) is 3.41. The normalized spacial score (nSPS) is 17.4. The number of ether oxygens (including phenoxy) is 1. The van der Waals surface area contributed by atoms with Crippen molar-refractivity contribution in [3.63, 3.8) is 0 Å². The largest absolute Gasteiger partial charge is 0.366 e. The zero-order valence-electron chi connectivity index (χ0n) is 23.6. The van der Waals surface area contributed by atoms with Gasteiger partial charge in [-0.15, -0.1) is 0 Å². The SMILES string of the molecule is Cc1ccc(-c2c3ccccc3c(-c3cccc4c3C3CCC4O3)c3cc(-c4ccccc4)ccc23)c2ccccc12. The van der Waals surface area contributed by atoms with Crippen LogP contribution in [0.1, 0.15) is 41.7 Å². The fraction of sp³-hybridized carbons (Fsp3) is 0.122. The van der Waals surface area contributed by atoms with Gasteiger partial charge in [-0.3, -0.25) is 0 Å². The van der Waals surface area contributed by atoms with Gasteiger partial charge in [-0.1, -0.05) is 121 Å². The highest BCUT2D eigenvalue weighted by atomic mass is 16.5. The molecule has 2 aliphatic heterocycles. The molecular weight excluding hydrogens is 508 g/mol. The fourth-order valence-corrected chi connectivity index (χ4v) is 7.76. The van der Waals surface area contributed by atoms with Crippen LogP contribution in [0.25, 0.3) is 65.7 Å². The molecule has 1 fully saturated rings. The molecule has 0 saturated carbocycles. The minimum Gasteiger partial charge on any atom is -0.366 e. The average Bonchev–Trinajstić information content (AvgIpc) is 3.68. The molecule has 2 unspecified atom stereocenters. The molecule has 0 radical (unpaired) electrons. The standard InChI is InChI=1S/C41H30O/c1-25-18-20-32(29-13-6-5-12-28(25)29)39-30-14-7-8-15-31(30)40(35-17-9-16-34-37-22-23-38(42-37)41(34)35)36-24-27(19-21-33(36)39)26-10-3-2-4-11-26/h2-21,24,37-38H,22-23H2,1H3. The Hall–Kier alpha value is -4.72. The first-order chi connectivity index (χ1) is 20.8. The van der Waals surface area contributed by atoms with Crippen molar-refractivity contribution in [2.45, 2.75) is 32.0 Å². The zero-order chi connectivity index (χ0) is 27.8. The van der Waals surface area contributed by atoms with Crippen LogP contribution in [0, 0.1) is 6.92 Å². The Balaban J connectivity index is 1.46. The molecule has 2 aliphatic rings. The molecule has 7 aromatic carbocycles. The van der Waals surface area contributed by atoms with Crippen LogP contribution in [0.4, 0.5) is 0 Å². The molecule has 2 atom stereocenters. The quantitative estimate of drug-likeness (QED) is 0.203. The molecule has 1 saturated heterocycles. The molecule has 0 aliphatic carbocycles. The van der Waals surface area contributed by atoms with Crippen LogP contribution in [0.3, 0.4) is 0 Å². The highest BCUT2D eigenvalue weighted by molar-refractivity contribution is 6.24. The number of hydrogen-bond donors (Lipinski definition) is 0. The molecule has 7 aromatic rings. The molecule has 9 rings (SSSR count). The maximum atomic E-state index is 6.47. The summed E-state index contributed by atoms with van der Waals surface area (Å²) in [6.07, 6.45) is 2.65. The predicted molar refractivity (Wildman–Crippen MR) is 176 cm³/mol. The van der Waals surface area contributed by atoms with Gasteiger partial charge in [0, 0.05) is 0 Å². The number of hydrogen-bond acceptors (Lipinski definition) is 1. The Labute approximate surface area is 246 Å². The van der Waals surface area contributed by atoms with E-state index in [9.17, 15) is 0 Å². The number of rotatable bonds is 3. The van der Waals surface area contributed by atoms with Crippen LogP contribution in [-0.2, 0) is 4.74 Å². The summed E-state index contributed by atoms with van der Waals surface area (Å²) in [5.74, 6) is 0. The lowest BCUT2D eigenvalue weighted by molar-refractivity contribution is 0.0718. The molecule has 0 spiro atoms.